The number of anilines is 3. The number of carbonyl (C=O) groups excluding carboxylic acids is 2. The van der Waals surface area contributed by atoms with Crippen molar-refractivity contribution < 1.29 is 9.59 Å². The third-order valence-electron chi connectivity index (χ3n) is 4.60. The Kier molecular flexibility index (Phi) is 4.21. The second kappa shape index (κ2) is 6.66. The predicted octanol–water partition coefficient (Wildman–Crippen LogP) is 1.82. The van der Waals surface area contributed by atoms with Gasteiger partial charge >= 0.3 is 0 Å². The van der Waals surface area contributed by atoms with Crippen molar-refractivity contribution in [3.05, 3.63) is 54.1 Å². The number of para-hydroxylation sites is 3. The fourth-order valence-electron chi connectivity index (χ4n) is 3.35. The molecule has 4 rings (SSSR count). The van der Waals surface area contributed by atoms with E-state index >= 15 is 0 Å². The molecule has 0 saturated carbocycles. The summed E-state index contributed by atoms with van der Waals surface area (Å²) in [7, 11) is 0. The predicted molar refractivity (Wildman–Crippen MR) is 97.3 cm³/mol. The number of rotatable bonds is 2. The van der Waals surface area contributed by atoms with Gasteiger partial charge in [-0.15, -0.1) is 0 Å². The molecule has 0 bridgehead atoms. The van der Waals surface area contributed by atoms with Crippen molar-refractivity contribution >= 4 is 28.9 Å². The largest absolute Gasteiger partial charge is 0.320 e. The molecule has 0 radical (unpaired) electrons. The van der Waals surface area contributed by atoms with Gasteiger partial charge in [-0.2, -0.15) is 0 Å². The molecule has 2 aliphatic rings. The van der Waals surface area contributed by atoms with Crippen LogP contribution < -0.4 is 15.5 Å². The van der Waals surface area contributed by atoms with Gasteiger partial charge in [0, 0.05) is 26.2 Å². The number of fused-ring (bicyclic) bond motifs is 2. The second-order valence-corrected chi connectivity index (χ2v) is 6.24. The maximum Gasteiger partial charge on any atom is 0.257 e. The zero-order chi connectivity index (χ0) is 17.2. The topological polar surface area (TPSA) is 64.7 Å². The SMILES string of the molecule is O=C1Nc2ccccc2N(C(=O)CN2CCNCC2)c2ccccc21. The highest BCUT2D eigenvalue weighted by Gasteiger charge is 2.29. The van der Waals surface area contributed by atoms with Crippen LogP contribution in [0.3, 0.4) is 0 Å². The number of nitrogens with zero attached hydrogens (tertiary/aromatic N) is 2. The molecule has 2 aliphatic heterocycles. The lowest BCUT2D eigenvalue weighted by atomic mass is 10.1. The molecule has 2 amide bonds. The van der Waals surface area contributed by atoms with Crippen LogP contribution in [0.2, 0.25) is 0 Å². The van der Waals surface area contributed by atoms with E-state index in [1.165, 1.54) is 0 Å². The molecular weight excluding hydrogens is 316 g/mol. The first kappa shape index (κ1) is 15.8. The van der Waals surface area contributed by atoms with Crippen LogP contribution >= 0.6 is 0 Å². The Labute approximate surface area is 146 Å². The van der Waals surface area contributed by atoms with Crippen molar-refractivity contribution in [2.24, 2.45) is 0 Å². The molecule has 2 heterocycles. The van der Waals surface area contributed by atoms with Crippen LogP contribution in [-0.2, 0) is 4.79 Å². The summed E-state index contributed by atoms with van der Waals surface area (Å²) in [6, 6.07) is 14.7. The van der Waals surface area contributed by atoms with Gasteiger partial charge in [0.05, 0.1) is 29.2 Å². The molecule has 0 spiro atoms. The summed E-state index contributed by atoms with van der Waals surface area (Å²) in [5, 5.41) is 6.20. The van der Waals surface area contributed by atoms with Crippen molar-refractivity contribution in [1.29, 1.82) is 0 Å². The van der Waals surface area contributed by atoms with Crippen LogP contribution in [0, 0.1) is 0 Å². The molecule has 0 aliphatic carbocycles. The van der Waals surface area contributed by atoms with Crippen molar-refractivity contribution in [2.75, 3.05) is 42.9 Å². The highest BCUT2D eigenvalue weighted by atomic mass is 16.2. The fourth-order valence-corrected chi connectivity index (χ4v) is 3.35. The van der Waals surface area contributed by atoms with Crippen LogP contribution in [-0.4, -0.2) is 49.4 Å². The van der Waals surface area contributed by atoms with E-state index in [-0.39, 0.29) is 11.8 Å². The van der Waals surface area contributed by atoms with Gasteiger partial charge in [-0.1, -0.05) is 24.3 Å². The van der Waals surface area contributed by atoms with Crippen molar-refractivity contribution in [1.82, 2.24) is 10.2 Å². The second-order valence-electron chi connectivity index (χ2n) is 6.24. The number of hydrogen-bond acceptors (Lipinski definition) is 4. The lowest BCUT2D eigenvalue weighted by molar-refractivity contribution is -0.119. The van der Waals surface area contributed by atoms with E-state index in [2.05, 4.69) is 15.5 Å². The van der Waals surface area contributed by atoms with Gasteiger partial charge in [-0.3, -0.25) is 19.4 Å². The monoisotopic (exact) mass is 336 g/mol. The first-order valence-electron chi connectivity index (χ1n) is 8.49. The van der Waals surface area contributed by atoms with E-state index in [1.807, 2.05) is 42.5 Å². The van der Waals surface area contributed by atoms with Crippen molar-refractivity contribution in [3.8, 4) is 0 Å². The minimum Gasteiger partial charge on any atom is -0.320 e. The van der Waals surface area contributed by atoms with E-state index in [1.54, 1.807) is 11.0 Å². The standard InChI is InChI=1S/C19H20N4O2/c24-18(13-22-11-9-20-10-12-22)23-16-7-3-1-5-14(16)19(25)21-15-6-2-4-8-17(15)23/h1-8,20H,9-13H2,(H,21,25). The van der Waals surface area contributed by atoms with Crippen LogP contribution in [0.25, 0.3) is 0 Å². The van der Waals surface area contributed by atoms with Crippen LogP contribution in [0.4, 0.5) is 17.1 Å². The molecule has 2 N–H and O–H groups in total. The maximum atomic E-state index is 13.2. The smallest absolute Gasteiger partial charge is 0.257 e. The number of piperazine rings is 1. The normalized spacial score (nSPS) is 17.3. The Morgan fingerprint density at radius 1 is 0.960 bits per heavy atom. The third kappa shape index (κ3) is 3.01. The molecule has 2 aromatic rings. The molecule has 2 aromatic carbocycles. The molecule has 25 heavy (non-hydrogen) atoms. The summed E-state index contributed by atoms with van der Waals surface area (Å²) < 4.78 is 0. The zero-order valence-corrected chi connectivity index (χ0v) is 13.9. The van der Waals surface area contributed by atoms with Gasteiger partial charge in [0.15, 0.2) is 0 Å². The average Bonchev–Trinajstić information content (AvgIpc) is 2.76. The minimum absolute atomic E-state index is 0.0294. The summed E-state index contributed by atoms with van der Waals surface area (Å²) in [6.07, 6.45) is 0. The molecular formula is C19H20N4O2. The maximum absolute atomic E-state index is 13.2. The fraction of sp³-hybridized carbons (Fsp3) is 0.263. The van der Waals surface area contributed by atoms with Crippen molar-refractivity contribution in [2.45, 2.75) is 0 Å². The first-order chi connectivity index (χ1) is 12.2. The van der Waals surface area contributed by atoms with Gasteiger partial charge in [0.2, 0.25) is 5.91 Å². The van der Waals surface area contributed by atoms with Gasteiger partial charge in [0.1, 0.15) is 0 Å². The summed E-state index contributed by atoms with van der Waals surface area (Å²) in [5.41, 5.74) is 2.50. The van der Waals surface area contributed by atoms with Crippen LogP contribution in [0.1, 0.15) is 10.4 Å². The molecule has 6 heteroatoms. The van der Waals surface area contributed by atoms with Crippen molar-refractivity contribution in [3.63, 3.8) is 0 Å². The highest BCUT2D eigenvalue weighted by Crippen LogP contribution is 2.37. The van der Waals surface area contributed by atoms with Gasteiger partial charge < -0.3 is 10.6 Å². The molecule has 6 nitrogen and oxygen atoms in total. The minimum atomic E-state index is -0.194. The Hall–Kier alpha value is -2.70. The molecule has 0 unspecified atom stereocenters. The van der Waals surface area contributed by atoms with Crippen LogP contribution in [0.15, 0.2) is 48.5 Å². The zero-order valence-electron chi connectivity index (χ0n) is 13.9. The number of hydrogen-bond donors (Lipinski definition) is 2. The number of carbonyl (C=O) groups is 2. The van der Waals surface area contributed by atoms with Gasteiger partial charge in [-0.25, -0.2) is 0 Å². The molecule has 1 fully saturated rings. The number of benzene rings is 2. The third-order valence-corrected chi connectivity index (χ3v) is 4.60. The Morgan fingerprint density at radius 3 is 2.44 bits per heavy atom. The summed E-state index contributed by atoms with van der Waals surface area (Å²) >= 11 is 0. The van der Waals surface area contributed by atoms with E-state index in [0.29, 0.717) is 29.2 Å². The number of amides is 2. The lowest BCUT2D eigenvalue weighted by Crippen LogP contribution is -2.47. The average molecular weight is 336 g/mol. The Balaban J connectivity index is 1.75. The molecule has 1 saturated heterocycles. The van der Waals surface area contributed by atoms with E-state index < -0.39 is 0 Å². The Bertz CT molecular complexity index is 815. The molecule has 0 atom stereocenters. The Morgan fingerprint density at radius 2 is 1.64 bits per heavy atom. The van der Waals surface area contributed by atoms with E-state index in [0.717, 1.165) is 26.2 Å². The summed E-state index contributed by atoms with van der Waals surface area (Å²) in [5.74, 6) is -0.223. The molecule has 0 aromatic heterocycles. The van der Waals surface area contributed by atoms with E-state index in [9.17, 15) is 9.59 Å². The summed E-state index contributed by atoms with van der Waals surface area (Å²) in [6.45, 7) is 3.81. The lowest BCUT2D eigenvalue weighted by Gasteiger charge is -2.30. The van der Waals surface area contributed by atoms with Crippen LogP contribution in [0.5, 0.6) is 0 Å². The summed E-state index contributed by atoms with van der Waals surface area (Å²) in [4.78, 5) is 29.5. The number of nitrogens with one attached hydrogen (secondary N) is 2. The van der Waals surface area contributed by atoms with Gasteiger partial charge in [-0.05, 0) is 24.3 Å². The highest BCUT2D eigenvalue weighted by molar-refractivity contribution is 6.17. The first-order valence-corrected chi connectivity index (χ1v) is 8.49. The molecule has 128 valence electrons. The van der Waals surface area contributed by atoms with Gasteiger partial charge in [0.25, 0.3) is 5.91 Å². The quantitative estimate of drug-likeness (QED) is 0.878. The van der Waals surface area contributed by atoms with E-state index in [4.69, 9.17) is 0 Å².